The fraction of sp³-hybridized carbons (Fsp3) is 0.654. The largest absolute Gasteiger partial charge is 0.394 e. The molecule has 34 heavy (non-hydrogen) atoms. The lowest BCUT2D eigenvalue weighted by molar-refractivity contribution is -0.151. The zero-order valence-corrected chi connectivity index (χ0v) is 20.4. The van der Waals surface area contributed by atoms with Crippen LogP contribution in [0.3, 0.4) is 0 Å². The van der Waals surface area contributed by atoms with Gasteiger partial charge in [-0.05, 0) is 31.2 Å². The molecule has 3 fully saturated rings. The minimum Gasteiger partial charge on any atom is -0.394 e. The van der Waals surface area contributed by atoms with Crippen LogP contribution in [0.15, 0.2) is 30.3 Å². The van der Waals surface area contributed by atoms with Gasteiger partial charge in [-0.2, -0.15) is 0 Å². The smallest absolute Gasteiger partial charge is 0.245 e. The summed E-state index contributed by atoms with van der Waals surface area (Å²) >= 11 is 0. The molecular formula is C26H37N3O5. The van der Waals surface area contributed by atoms with Gasteiger partial charge in [-0.1, -0.05) is 57.0 Å². The minimum absolute atomic E-state index is 0.231. The van der Waals surface area contributed by atoms with Crippen LogP contribution in [0.1, 0.15) is 64.0 Å². The summed E-state index contributed by atoms with van der Waals surface area (Å²) in [6.07, 6.45) is 4.62. The number of aliphatic hydroxyl groups is 1. The van der Waals surface area contributed by atoms with Crippen LogP contribution in [0, 0.1) is 11.8 Å². The van der Waals surface area contributed by atoms with Crippen molar-refractivity contribution in [1.82, 2.24) is 15.5 Å². The van der Waals surface area contributed by atoms with Crippen LogP contribution in [0.4, 0.5) is 0 Å². The lowest BCUT2D eigenvalue weighted by atomic mass is 9.65. The van der Waals surface area contributed by atoms with Crippen LogP contribution in [-0.4, -0.2) is 65.2 Å². The van der Waals surface area contributed by atoms with E-state index in [1.807, 2.05) is 37.3 Å². The SMILES string of the molecule is CCCCCNC(=O)C1N([C@H](CO)c2ccccc2)C(=O)[C@@H]2[C@H](C(=O)NC)[C@]3(CC)CCC12O3. The first-order valence-corrected chi connectivity index (χ1v) is 12.6. The van der Waals surface area contributed by atoms with Crippen molar-refractivity contribution in [2.24, 2.45) is 11.8 Å². The maximum Gasteiger partial charge on any atom is 0.245 e. The van der Waals surface area contributed by atoms with Crippen LogP contribution >= 0.6 is 0 Å². The normalized spacial score (nSPS) is 32.5. The third kappa shape index (κ3) is 3.62. The number of nitrogens with zero attached hydrogens (tertiary/aromatic N) is 1. The first kappa shape index (κ1) is 24.7. The average Bonchev–Trinajstić information content (AvgIpc) is 3.46. The highest BCUT2D eigenvalue weighted by Crippen LogP contribution is 2.65. The Bertz CT molecular complexity index is 924. The fourth-order valence-electron chi connectivity index (χ4n) is 6.56. The van der Waals surface area contributed by atoms with Crippen molar-refractivity contribution in [2.75, 3.05) is 20.2 Å². The first-order valence-electron chi connectivity index (χ1n) is 12.6. The highest BCUT2D eigenvalue weighted by atomic mass is 16.5. The molecule has 6 atom stereocenters. The van der Waals surface area contributed by atoms with Gasteiger partial charge in [-0.3, -0.25) is 14.4 Å². The van der Waals surface area contributed by atoms with E-state index in [1.54, 1.807) is 7.05 Å². The third-order valence-electron chi connectivity index (χ3n) is 8.17. The molecule has 1 spiro atoms. The molecule has 8 nitrogen and oxygen atoms in total. The number of hydrogen-bond donors (Lipinski definition) is 3. The molecular weight excluding hydrogens is 434 g/mol. The van der Waals surface area contributed by atoms with Gasteiger partial charge >= 0.3 is 0 Å². The van der Waals surface area contributed by atoms with Gasteiger partial charge in [0.2, 0.25) is 17.7 Å². The van der Waals surface area contributed by atoms with Gasteiger partial charge in [0, 0.05) is 13.6 Å². The molecule has 0 saturated carbocycles. The highest BCUT2D eigenvalue weighted by molar-refractivity contribution is 5.99. The van der Waals surface area contributed by atoms with Crippen molar-refractivity contribution >= 4 is 17.7 Å². The summed E-state index contributed by atoms with van der Waals surface area (Å²) in [7, 11) is 1.57. The van der Waals surface area contributed by atoms with Crippen molar-refractivity contribution in [2.45, 2.75) is 75.7 Å². The van der Waals surface area contributed by atoms with E-state index in [1.165, 1.54) is 4.90 Å². The fourth-order valence-corrected chi connectivity index (χ4v) is 6.56. The molecule has 0 aromatic heterocycles. The van der Waals surface area contributed by atoms with E-state index in [2.05, 4.69) is 17.6 Å². The van der Waals surface area contributed by atoms with Crippen molar-refractivity contribution < 1.29 is 24.2 Å². The number of carbonyl (C=O) groups is 3. The Morgan fingerprint density at radius 2 is 1.91 bits per heavy atom. The van der Waals surface area contributed by atoms with Crippen LogP contribution in [0.25, 0.3) is 0 Å². The zero-order valence-electron chi connectivity index (χ0n) is 20.4. The predicted octanol–water partition coefficient (Wildman–Crippen LogP) is 1.93. The van der Waals surface area contributed by atoms with Gasteiger partial charge in [0.15, 0.2) is 0 Å². The summed E-state index contributed by atoms with van der Waals surface area (Å²) in [6, 6.07) is 7.64. The summed E-state index contributed by atoms with van der Waals surface area (Å²) in [5.41, 5.74) is -1.09. The van der Waals surface area contributed by atoms with E-state index in [0.717, 1.165) is 24.8 Å². The molecule has 186 valence electrons. The van der Waals surface area contributed by atoms with Crippen molar-refractivity contribution in [3.63, 3.8) is 0 Å². The molecule has 2 unspecified atom stereocenters. The Balaban J connectivity index is 1.78. The van der Waals surface area contributed by atoms with E-state index in [9.17, 15) is 19.5 Å². The van der Waals surface area contributed by atoms with Gasteiger partial charge in [0.05, 0.1) is 30.1 Å². The van der Waals surface area contributed by atoms with E-state index in [0.29, 0.717) is 25.8 Å². The molecule has 3 heterocycles. The Hall–Kier alpha value is -2.45. The number of fused-ring (bicyclic) bond motifs is 1. The average molecular weight is 472 g/mol. The number of amides is 3. The lowest BCUT2D eigenvalue weighted by Gasteiger charge is -2.37. The predicted molar refractivity (Wildman–Crippen MR) is 127 cm³/mol. The Morgan fingerprint density at radius 3 is 2.53 bits per heavy atom. The number of likely N-dealkylation sites (tertiary alicyclic amines) is 1. The second-order valence-corrected chi connectivity index (χ2v) is 9.80. The summed E-state index contributed by atoms with van der Waals surface area (Å²) < 4.78 is 6.68. The van der Waals surface area contributed by atoms with Crippen molar-refractivity contribution in [3.05, 3.63) is 35.9 Å². The summed E-state index contributed by atoms with van der Waals surface area (Å²) in [5, 5.41) is 16.2. The second-order valence-electron chi connectivity index (χ2n) is 9.80. The number of unbranched alkanes of at least 4 members (excludes halogenated alkanes) is 2. The van der Waals surface area contributed by atoms with Crippen LogP contribution in [-0.2, 0) is 19.1 Å². The number of hydrogen-bond acceptors (Lipinski definition) is 5. The van der Waals surface area contributed by atoms with Crippen molar-refractivity contribution in [3.8, 4) is 0 Å². The Kier molecular flexibility index (Phi) is 7.01. The molecule has 1 aromatic carbocycles. The summed E-state index contributed by atoms with van der Waals surface area (Å²) in [6.45, 7) is 4.25. The van der Waals surface area contributed by atoms with E-state index < -0.39 is 35.1 Å². The van der Waals surface area contributed by atoms with Gasteiger partial charge in [0.1, 0.15) is 11.6 Å². The van der Waals surface area contributed by atoms with Crippen LogP contribution < -0.4 is 10.6 Å². The van der Waals surface area contributed by atoms with Crippen molar-refractivity contribution in [1.29, 1.82) is 0 Å². The zero-order chi connectivity index (χ0) is 24.5. The number of aliphatic hydroxyl groups excluding tert-OH is 1. The van der Waals surface area contributed by atoms with E-state index >= 15 is 0 Å². The number of nitrogens with one attached hydrogen (secondary N) is 2. The molecule has 3 aliphatic heterocycles. The lowest BCUT2D eigenvalue weighted by Crippen LogP contribution is -2.56. The number of carbonyl (C=O) groups excluding carboxylic acids is 3. The standard InChI is InChI=1S/C26H37N3O5/c1-4-6-10-15-28-23(32)21-26-14-13-25(5-2,34-26)19(22(31)27-3)20(26)24(33)29(21)18(16-30)17-11-8-7-9-12-17/h7-9,11-12,18-21,30H,4-6,10,13-16H2,1-3H3,(H,27,31)(H,28,32)/t18-,19-,20+,21?,25+,26?/m1/s1. The first-order chi connectivity index (χ1) is 16.4. The quantitative estimate of drug-likeness (QED) is 0.452. The Morgan fingerprint density at radius 1 is 1.18 bits per heavy atom. The second kappa shape index (κ2) is 9.66. The molecule has 0 aliphatic carbocycles. The number of benzene rings is 1. The van der Waals surface area contributed by atoms with Gasteiger partial charge in [-0.15, -0.1) is 0 Å². The van der Waals surface area contributed by atoms with E-state index in [-0.39, 0.29) is 24.3 Å². The molecule has 8 heteroatoms. The molecule has 3 aliphatic rings. The Labute approximate surface area is 201 Å². The minimum atomic E-state index is -1.08. The maximum absolute atomic E-state index is 14.1. The molecule has 0 radical (unpaired) electrons. The van der Waals surface area contributed by atoms with E-state index in [4.69, 9.17) is 4.74 Å². The molecule has 3 saturated heterocycles. The third-order valence-corrected chi connectivity index (χ3v) is 8.17. The molecule has 2 bridgehead atoms. The van der Waals surface area contributed by atoms with Gasteiger partial charge < -0.3 is 25.4 Å². The number of rotatable bonds is 10. The maximum atomic E-state index is 14.1. The van der Waals surface area contributed by atoms with Gasteiger partial charge in [-0.25, -0.2) is 0 Å². The topological polar surface area (TPSA) is 108 Å². The van der Waals surface area contributed by atoms with Crippen LogP contribution in [0.5, 0.6) is 0 Å². The van der Waals surface area contributed by atoms with Crippen LogP contribution in [0.2, 0.25) is 0 Å². The monoisotopic (exact) mass is 471 g/mol. The molecule has 4 rings (SSSR count). The summed E-state index contributed by atoms with van der Waals surface area (Å²) in [5.74, 6) is -2.22. The molecule has 3 N–H and O–H groups in total. The molecule has 3 amide bonds. The highest BCUT2D eigenvalue weighted by Gasteiger charge is 2.79. The number of ether oxygens (including phenoxy) is 1. The molecule has 1 aromatic rings. The van der Waals surface area contributed by atoms with Gasteiger partial charge in [0.25, 0.3) is 0 Å². The summed E-state index contributed by atoms with van der Waals surface area (Å²) in [4.78, 5) is 42.4.